The van der Waals surface area contributed by atoms with Crippen molar-refractivity contribution in [3.63, 3.8) is 0 Å². The molecule has 1 aliphatic carbocycles. The van der Waals surface area contributed by atoms with Crippen LogP contribution in [0.3, 0.4) is 0 Å². The standard InChI is InChI=1S/C39H44ClN3O4S/c1-28-21-23-34(24-22-28)48(46,47)43(36-20-12-19-35(40)30(36)3)27-38(44)42(26-32-16-11-10-13-29(32)2)37(25-31-14-6-4-7-15-31)39(45)41-33-17-8-5-9-18-33/h4,6-7,10-16,19-24,33,37H,5,8-9,17-18,25-27H2,1-3H3,(H,41,45)/t37-/m0/s1. The average Bonchev–Trinajstić information content (AvgIpc) is 3.08. The maximum Gasteiger partial charge on any atom is 0.264 e. The molecule has 1 aliphatic rings. The van der Waals surface area contributed by atoms with Gasteiger partial charge in [-0.2, -0.15) is 0 Å². The van der Waals surface area contributed by atoms with E-state index in [9.17, 15) is 18.0 Å². The molecule has 9 heteroatoms. The Hall–Kier alpha value is -4.14. The fourth-order valence-electron chi connectivity index (χ4n) is 6.29. The van der Waals surface area contributed by atoms with Crippen molar-refractivity contribution in [2.24, 2.45) is 0 Å². The van der Waals surface area contributed by atoms with Crippen molar-refractivity contribution in [1.82, 2.24) is 10.2 Å². The predicted molar refractivity (Wildman–Crippen MR) is 193 cm³/mol. The van der Waals surface area contributed by atoms with E-state index in [1.54, 1.807) is 54.3 Å². The number of nitrogens with zero attached hydrogens (tertiary/aromatic N) is 2. The highest BCUT2D eigenvalue weighted by atomic mass is 35.5. The third-order valence-corrected chi connectivity index (χ3v) is 11.4. The molecule has 0 unspecified atom stereocenters. The highest BCUT2D eigenvalue weighted by Gasteiger charge is 2.36. The van der Waals surface area contributed by atoms with E-state index in [-0.39, 0.29) is 29.8 Å². The van der Waals surface area contributed by atoms with E-state index >= 15 is 0 Å². The van der Waals surface area contributed by atoms with E-state index in [0.29, 0.717) is 16.3 Å². The molecule has 1 N–H and O–H groups in total. The minimum Gasteiger partial charge on any atom is -0.352 e. The van der Waals surface area contributed by atoms with E-state index in [4.69, 9.17) is 11.6 Å². The van der Waals surface area contributed by atoms with Gasteiger partial charge >= 0.3 is 0 Å². The van der Waals surface area contributed by atoms with E-state index in [1.165, 1.54) is 0 Å². The number of carbonyl (C=O) groups is 2. The van der Waals surface area contributed by atoms with Gasteiger partial charge in [0.25, 0.3) is 10.0 Å². The molecule has 5 rings (SSSR count). The van der Waals surface area contributed by atoms with Gasteiger partial charge in [0.15, 0.2) is 0 Å². The average molecular weight is 686 g/mol. The Labute approximate surface area is 290 Å². The number of aryl methyl sites for hydroxylation is 2. The normalized spacial score (nSPS) is 14.2. The summed E-state index contributed by atoms with van der Waals surface area (Å²) in [4.78, 5) is 30.7. The second-order valence-corrected chi connectivity index (χ2v) is 15.0. The zero-order valence-corrected chi connectivity index (χ0v) is 29.4. The third-order valence-electron chi connectivity index (χ3n) is 9.22. The van der Waals surface area contributed by atoms with Crippen molar-refractivity contribution in [2.45, 2.75) is 82.8 Å². The molecule has 252 valence electrons. The Bertz CT molecular complexity index is 1820. The quantitative estimate of drug-likeness (QED) is 0.167. The second-order valence-electron chi connectivity index (χ2n) is 12.7. The van der Waals surface area contributed by atoms with E-state index in [0.717, 1.165) is 58.7 Å². The third kappa shape index (κ3) is 8.47. The molecule has 1 saturated carbocycles. The zero-order valence-electron chi connectivity index (χ0n) is 27.9. The summed E-state index contributed by atoms with van der Waals surface area (Å²) in [7, 11) is -4.22. The summed E-state index contributed by atoms with van der Waals surface area (Å²) in [5, 5.41) is 3.64. The van der Waals surface area contributed by atoms with Gasteiger partial charge < -0.3 is 10.2 Å². The van der Waals surface area contributed by atoms with Crippen molar-refractivity contribution in [1.29, 1.82) is 0 Å². The first kappa shape index (κ1) is 35.2. The molecule has 2 amide bonds. The molecular formula is C39H44ClN3O4S. The van der Waals surface area contributed by atoms with Gasteiger partial charge in [-0.3, -0.25) is 13.9 Å². The molecule has 0 spiro atoms. The van der Waals surface area contributed by atoms with Crippen LogP contribution in [-0.4, -0.2) is 43.8 Å². The summed E-state index contributed by atoms with van der Waals surface area (Å²) in [6.07, 6.45) is 5.30. The summed E-state index contributed by atoms with van der Waals surface area (Å²) in [6, 6.07) is 28.1. The van der Waals surface area contributed by atoms with E-state index < -0.39 is 28.5 Å². The maximum atomic E-state index is 14.8. The van der Waals surface area contributed by atoms with Crippen LogP contribution in [0.15, 0.2) is 102 Å². The molecule has 1 atom stereocenters. The molecule has 0 aromatic heterocycles. The van der Waals surface area contributed by atoms with Crippen LogP contribution in [0.1, 0.15) is 59.9 Å². The van der Waals surface area contributed by atoms with Crippen LogP contribution in [-0.2, 0) is 32.6 Å². The lowest BCUT2D eigenvalue weighted by Gasteiger charge is -2.35. The molecule has 1 fully saturated rings. The topological polar surface area (TPSA) is 86.8 Å². The highest BCUT2D eigenvalue weighted by Crippen LogP contribution is 2.32. The molecule has 4 aromatic rings. The van der Waals surface area contributed by atoms with Gasteiger partial charge in [0.1, 0.15) is 12.6 Å². The van der Waals surface area contributed by atoms with Gasteiger partial charge in [0.05, 0.1) is 10.6 Å². The molecule has 0 radical (unpaired) electrons. The Morgan fingerprint density at radius 3 is 2.19 bits per heavy atom. The Morgan fingerprint density at radius 2 is 1.50 bits per heavy atom. The van der Waals surface area contributed by atoms with E-state index in [2.05, 4.69) is 5.32 Å². The number of nitrogens with one attached hydrogen (secondary N) is 1. The van der Waals surface area contributed by atoms with Crippen LogP contribution in [0.5, 0.6) is 0 Å². The molecular weight excluding hydrogens is 642 g/mol. The Morgan fingerprint density at radius 1 is 0.833 bits per heavy atom. The minimum absolute atomic E-state index is 0.0347. The summed E-state index contributed by atoms with van der Waals surface area (Å²) >= 11 is 6.50. The molecule has 7 nitrogen and oxygen atoms in total. The van der Waals surface area contributed by atoms with Gasteiger partial charge in [-0.1, -0.05) is 109 Å². The number of carbonyl (C=O) groups excluding carboxylic acids is 2. The lowest BCUT2D eigenvalue weighted by Crippen LogP contribution is -2.55. The molecule has 0 aliphatic heterocycles. The number of halogens is 1. The summed E-state index contributed by atoms with van der Waals surface area (Å²) in [6.45, 7) is 5.20. The number of amides is 2. The first-order valence-electron chi connectivity index (χ1n) is 16.6. The van der Waals surface area contributed by atoms with Gasteiger partial charge in [-0.05, 0) is 80.1 Å². The van der Waals surface area contributed by atoms with Crippen LogP contribution in [0.4, 0.5) is 5.69 Å². The van der Waals surface area contributed by atoms with Crippen molar-refractivity contribution in [3.8, 4) is 0 Å². The van der Waals surface area contributed by atoms with Gasteiger partial charge in [0.2, 0.25) is 11.8 Å². The number of anilines is 1. The van der Waals surface area contributed by atoms with Gasteiger partial charge in [0, 0.05) is 24.0 Å². The number of hydrogen-bond donors (Lipinski definition) is 1. The first-order chi connectivity index (χ1) is 23.0. The van der Waals surface area contributed by atoms with Crippen molar-refractivity contribution in [2.75, 3.05) is 10.8 Å². The number of hydrogen-bond acceptors (Lipinski definition) is 4. The van der Waals surface area contributed by atoms with Crippen LogP contribution in [0.2, 0.25) is 5.02 Å². The largest absolute Gasteiger partial charge is 0.352 e. The highest BCUT2D eigenvalue weighted by molar-refractivity contribution is 7.92. The SMILES string of the molecule is Cc1ccc(S(=O)(=O)N(CC(=O)N(Cc2ccccc2C)[C@@H](Cc2ccccc2)C(=O)NC2CCCCC2)c2cccc(Cl)c2C)cc1. The van der Waals surface area contributed by atoms with Crippen LogP contribution in [0, 0.1) is 20.8 Å². The van der Waals surface area contributed by atoms with Crippen molar-refractivity contribution < 1.29 is 18.0 Å². The molecule has 4 aromatic carbocycles. The summed E-state index contributed by atoms with van der Waals surface area (Å²) in [5.74, 6) is -0.729. The van der Waals surface area contributed by atoms with Crippen LogP contribution >= 0.6 is 11.6 Å². The van der Waals surface area contributed by atoms with Crippen molar-refractivity contribution >= 4 is 39.1 Å². The minimum atomic E-state index is -4.22. The monoisotopic (exact) mass is 685 g/mol. The first-order valence-corrected chi connectivity index (χ1v) is 18.4. The molecule has 0 heterocycles. The van der Waals surface area contributed by atoms with Crippen molar-refractivity contribution in [3.05, 3.63) is 130 Å². The second kappa shape index (κ2) is 15.8. The van der Waals surface area contributed by atoms with Gasteiger partial charge in [-0.25, -0.2) is 8.42 Å². The summed E-state index contributed by atoms with van der Waals surface area (Å²) < 4.78 is 29.9. The lowest BCUT2D eigenvalue weighted by molar-refractivity contribution is -0.140. The van der Waals surface area contributed by atoms with E-state index in [1.807, 2.05) is 68.4 Å². The van der Waals surface area contributed by atoms with Gasteiger partial charge in [-0.15, -0.1) is 0 Å². The smallest absolute Gasteiger partial charge is 0.264 e. The molecule has 0 saturated heterocycles. The zero-order chi connectivity index (χ0) is 34.3. The molecule has 48 heavy (non-hydrogen) atoms. The number of rotatable bonds is 12. The van der Waals surface area contributed by atoms with Crippen LogP contribution < -0.4 is 9.62 Å². The Kier molecular flexibility index (Phi) is 11.6. The molecule has 0 bridgehead atoms. The number of benzene rings is 4. The summed E-state index contributed by atoms with van der Waals surface area (Å²) in [5.41, 5.74) is 4.49. The lowest BCUT2D eigenvalue weighted by atomic mass is 9.94. The number of sulfonamides is 1. The van der Waals surface area contributed by atoms with Crippen LogP contribution in [0.25, 0.3) is 0 Å². The maximum absolute atomic E-state index is 14.8. The Balaban J connectivity index is 1.59. The fourth-order valence-corrected chi connectivity index (χ4v) is 7.93. The predicted octanol–water partition coefficient (Wildman–Crippen LogP) is 7.55. The fraction of sp³-hybridized carbons (Fsp3) is 0.333.